The van der Waals surface area contributed by atoms with Crippen molar-refractivity contribution in [1.82, 2.24) is 0 Å². The summed E-state index contributed by atoms with van der Waals surface area (Å²) in [6.07, 6.45) is 0. The minimum atomic E-state index is 0. The second kappa shape index (κ2) is 16.6. The molecule has 0 fully saturated rings. The largest absolute Gasteiger partial charge is 2.00 e. The molecule has 0 aliphatic heterocycles. The van der Waals surface area contributed by atoms with Crippen LogP contribution < -0.4 is 51.4 Å². The summed E-state index contributed by atoms with van der Waals surface area (Å²) in [5, 5.41) is 0. The van der Waals surface area contributed by atoms with Crippen LogP contribution in [0.2, 0.25) is 0 Å². The van der Waals surface area contributed by atoms with E-state index in [-0.39, 0.29) is 108 Å². The van der Waals surface area contributed by atoms with E-state index in [1.165, 1.54) is 0 Å². The van der Waals surface area contributed by atoms with Crippen LogP contribution in [0.1, 0.15) is 0 Å². The van der Waals surface area contributed by atoms with Crippen molar-refractivity contribution in [3.63, 3.8) is 0 Å². The summed E-state index contributed by atoms with van der Waals surface area (Å²) in [6.45, 7) is 0. The molecule has 0 amide bonds. The van der Waals surface area contributed by atoms with Crippen molar-refractivity contribution < 1.29 is 62.3 Å². The van der Waals surface area contributed by atoms with Crippen molar-refractivity contribution in [1.29, 1.82) is 0 Å². The third kappa shape index (κ3) is 8.90. The van der Waals surface area contributed by atoms with Gasteiger partial charge < -0.3 is 11.0 Å². The third-order valence-corrected chi connectivity index (χ3v) is 0. The first-order valence-electron chi connectivity index (χ1n) is 0. The Balaban J connectivity index is 0. The Labute approximate surface area is 105 Å². The first-order valence-corrected chi connectivity index (χ1v) is 0. The molecule has 0 unspecified atom stereocenters. The Bertz CT molecular complexity index is 6.00. The zero-order chi connectivity index (χ0) is 0. The summed E-state index contributed by atoms with van der Waals surface area (Å²) in [4.78, 5) is 0. The fourth-order valence-corrected chi connectivity index (χ4v) is 0. The molecule has 0 heterocycles. The summed E-state index contributed by atoms with van der Waals surface area (Å²) in [5.74, 6) is 0. The van der Waals surface area contributed by atoms with Crippen molar-refractivity contribution in [2.75, 3.05) is 0 Å². The smallest absolute Gasteiger partial charge is 2.00 e. The summed E-state index contributed by atoms with van der Waals surface area (Å²) < 4.78 is 0. The van der Waals surface area contributed by atoms with Gasteiger partial charge in [0.15, 0.2) is 0 Å². The van der Waals surface area contributed by atoms with Gasteiger partial charge in [-0.2, -0.15) is 0 Å². The number of hydrogen-bond donors (Lipinski definition) is 0. The van der Waals surface area contributed by atoms with E-state index >= 15 is 0 Å². The Morgan fingerprint density at radius 2 is 1.00 bits per heavy atom. The van der Waals surface area contributed by atoms with E-state index in [0.29, 0.717) is 0 Å². The molecule has 0 aliphatic carbocycles. The van der Waals surface area contributed by atoms with Crippen LogP contribution >= 0.6 is 0 Å². The summed E-state index contributed by atoms with van der Waals surface area (Å²) in [5.41, 5.74) is 0. The Kier molecular flexibility index (Phi) is 115. The summed E-state index contributed by atoms with van der Waals surface area (Å²) >= 11 is 0. The first kappa shape index (κ1) is 27.8. The van der Waals surface area contributed by atoms with Gasteiger partial charge in [-0.05, 0) is 0 Å². The van der Waals surface area contributed by atoms with Crippen molar-refractivity contribution in [2.45, 2.75) is 0 Å². The van der Waals surface area contributed by atoms with Crippen LogP contribution in [-0.2, 0) is 5.48 Å². The number of rotatable bonds is 0. The van der Waals surface area contributed by atoms with Gasteiger partial charge in [0.2, 0.25) is 0 Å². The van der Waals surface area contributed by atoms with Crippen LogP contribution in [0.3, 0.4) is 0 Å². The molecule has 0 saturated heterocycles. The Morgan fingerprint density at radius 3 is 1.00 bits per heavy atom. The molecule has 0 rings (SSSR count). The van der Waals surface area contributed by atoms with Crippen LogP contribution in [0.15, 0.2) is 0 Å². The molecule has 0 spiro atoms. The molecular formula is H2KO2Sr+. The molecule has 2 nitrogen and oxygen atoms in total. The topological polar surface area (TPSA) is 60.0 Å². The van der Waals surface area contributed by atoms with Gasteiger partial charge in [-0.25, -0.2) is 0 Å². The average molecular weight is 161 g/mol. The van der Waals surface area contributed by atoms with Crippen LogP contribution in [-0.4, -0.2) is 51.0 Å². The Morgan fingerprint density at radius 1 is 1.00 bits per heavy atom. The summed E-state index contributed by atoms with van der Waals surface area (Å²) in [7, 11) is 0. The minimum Gasteiger partial charge on any atom is -2.00 e. The predicted molar refractivity (Wildman–Crippen MR) is 10.1 cm³/mol. The SMILES string of the molecule is O.[K+].[O-2].[Sr+2]. The molecule has 0 saturated carbocycles. The molecule has 4 heavy (non-hydrogen) atoms. The van der Waals surface area contributed by atoms with E-state index in [0.717, 1.165) is 0 Å². The fraction of sp³-hybridized carbons (Fsp3) is 0. The van der Waals surface area contributed by atoms with E-state index in [2.05, 4.69) is 0 Å². The molecule has 0 aromatic rings. The van der Waals surface area contributed by atoms with Crippen molar-refractivity contribution in [2.24, 2.45) is 0 Å². The fourth-order valence-electron chi connectivity index (χ4n) is 0. The molecule has 0 aromatic heterocycles. The zero-order valence-corrected chi connectivity index (χ0v) is 9.21. The molecule has 0 radical (unpaired) electrons. The molecule has 0 atom stereocenters. The second-order valence-corrected chi connectivity index (χ2v) is 0. The molecule has 4 heteroatoms. The maximum absolute atomic E-state index is 0. The van der Waals surface area contributed by atoms with E-state index < -0.39 is 0 Å². The number of hydrogen-bond acceptors (Lipinski definition) is 0. The normalized spacial score (nSPS) is 0. The first-order chi connectivity index (χ1) is 0. The minimum absolute atomic E-state index is 0. The maximum Gasteiger partial charge on any atom is 2.00 e. The van der Waals surface area contributed by atoms with Gasteiger partial charge in [0.1, 0.15) is 0 Å². The van der Waals surface area contributed by atoms with E-state index in [1.54, 1.807) is 0 Å². The molecule has 0 bridgehead atoms. The van der Waals surface area contributed by atoms with Gasteiger partial charge in [0.25, 0.3) is 0 Å². The molecular weight excluding hydrogens is 159 g/mol. The van der Waals surface area contributed by atoms with Gasteiger partial charge in [-0.3, -0.25) is 0 Å². The second-order valence-electron chi connectivity index (χ2n) is 0. The quantitative estimate of drug-likeness (QED) is 0.322. The molecule has 16 valence electrons. The van der Waals surface area contributed by atoms with Crippen molar-refractivity contribution >= 4 is 45.5 Å². The monoisotopic (exact) mass is 161 g/mol. The maximum atomic E-state index is 0. The average Bonchev–Trinajstić information content (AvgIpc) is 0. The van der Waals surface area contributed by atoms with Crippen LogP contribution in [0.25, 0.3) is 0 Å². The van der Waals surface area contributed by atoms with Crippen LogP contribution in [0, 0.1) is 0 Å². The van der Waals surface area contributed by atoms with E-state index in [1.807, 2.05) is 0 Å². The predicted octanol–water partition coefficient (Wildman–Crippen LogP) is -4.32. The third-order valence-electron chi connectivity index (χ3n) is 0. The van der Waals surface area contributed by atoms with Gasteiger partial charge in [-0.15, -0.1) is 0 Å². The standard InChI is InChI=1S/K.H2O.O.Sr/h;1H2;;/q+1;;-2;+2. The molecule has 2 N–H and O–H groups in total. The van der Waals surface area contributed by atoms with Crippen LogP contribution in [0.4, 0.5) is 0 Å². The molecule has 0 aromatic carbocycles. The van der Waals surface area contributed by atoms with Gasteiger partial charge in [0.05, 0.1) is 0 Å². The van der Waals surface area contributed by atoms with Gasteiger partial charge >= 0.3 is 96.9 Å². The van der Waals surface area contributed by atoms with Crippen molar-refractivity contribution in [3.8, 4) is 0 Å². The van der Waals surface area contributed by atoms with E-state index in [4.69, 9.17) is 0 Å². The van der Waals surface area contributed by atoms with Gasteiger partial charge in [-0.1, -0.05) is 0 Å². The Hall–Kier alpha value is 3.04. The molecule has 0 aliphatic rings. The zero-order valence-electron chi connectivity index (χ0n) is 2.62. The summed E-state index contributed by atoms with van der Waals surface area (Å²) in [6, 6.07) is 0. The van der Waals surface area contributed by atoms with Gasteiger partial charge in [0, 0.05) is 0 Å². The van der Waals surface area contributed by atoms with Crippen molar-refractivity contribution in [3.05, 3.63) is 0 Å². The van der Waals surface area contributed by atoms with E-state index in [9.17, 15) is 0 Å². The van der Waals surface area contributed by atoms with Crippen LogP contribution in [0.5, 0.6) is 0 Å².